The SMILES string of the molecule is COc1ccccc1NC(=O)[C@H](C)n1cnc2scc(-c3ccc(C)cc3)c2c1=O. The van der Waals surface area contributed by atoms with E-state index < -0.39 is 6.04 Å². The topological polar surface area (TPSA) is 73.2 Å². The van der Waals surface area contributed by atoms with Gasteiger partial charge in [-0.3, -0.25) is 14.2 Å². The van der Waals surface area contributed by atoms with Crippen LogP contribution >= 0.6 is 11.3 Å². The van der Waals surface area contributed by atoms with Crippen LogP contribution in [0.25, 0.3) is 21.3 Å². The number of hydrogen-bond acceptors (Lipinski definition) is 5. The van der Waals surface area contributed by atoms with Gasteiger partial charge in [0.05, 0.1) is 24.5 Å². The summed E-state index contributed by atoms with van der Waals surface area (Å²) in [5.41, 5.74) is 3.25. The van der Waals surface area contributed by atoms with Gasteiger partial charge in [-0.05, 0) is 31.5 Å². The number of rotatable bonds is 5. The van der Waals surface area contributed by atoms with E-state index in [0.717, 1.165) is 16.7 Å². The lowest BCUT2D eigenvalue weighted by atomic mass is 10.0. The van der Waals surface area contributed by atoms with Gasteiger partial charge in [0, 0.05) is 10.9 Å². The van der Waals surface area contributed by atoms with Crippen LogP contribution in [0.4, 0.5) is 5.69 Å². The molecule has 0 saturated heterocycles. The lowest BCUT2D eigenvalue weighted by Gasteiger charge is -2.16. The Balaban J connectivity index is 1.71. The van der Waals surface area contributed by atoms with Gasteiger partial charge in [0.25, 0.3) is 5.56 Å². The first-order valence-electron chi connectivity index (χ1n) is 9.49. The van der Waals surface area contributed by atoms with E-state index in [4.69, 9.17) is 4.74 Å². The number of ether oxygens (including phenoxy) is 1. The lowest BCUT2D eigenvalue weighted by molar-refractivity contribution is -0.118. The molecule has 0 fully saturated rings. The fraction of sp³-hybridized carbons (Fsp3) is 0.174. The van der Waals surface area contributed by atoms with E-state index in [2.05, 4.69) is 10.3 Å². The van der Waals surface area contributed by atoms with Crippen molar-refractivity contribution in [2.75, 3.05) is 12.4 Å². The van der Waals surface area contributed by atoms with Gasteiger partial charge >= 0.3 is 0 Å². The number of hydrogen-bond donors (Lipinski definition) is 1. The van der Waals surface area contributed by atoms with Crippen LogP contribution in [0.15, 0.2) is 65.0 Å². The first-order valence-corrected chi connectivity index (χ1v) is 10.4. The first-order chi connectivity index (χ1) is 14.5. The number of fused-ring (bicyclic) bond motifs is 1. The number of anilines is 1. The molecule has 7 heteroatoms. The number of benzene rings is 2. The third-order valence-electron chi connectivity index (χ3n) is 5.04. The maximum atomic E-state index is 13.3. The number of nitrogens with one attached hydrogen (secondary N) is 1. The van der Waals surface area contributed by atoms with E-state index in [1.807, 2.05) is 48.7 Å². The highest BCUT2D eigenvalue weighted by atomic mass is 32.1. The van der Waals surface area contributed by atoms with Crippen molar-refractivity contribution < 1.29 is 9.53 Å². The van der Waals surface area contributed by atoms with E-state index >= 15 is 0 Å². The molecule has 0 bridgehead atoms. The van der Waals surface area contributed by atoms with Gasteiger partial charge in [-0.2, -0.15) is 0 Å². The number of methoxy groups -OCH3 is 1. The Kier molecular flexibility index (Phi) is 5.37. The third kappa shape index (κ3) is 3.59. The molecule has 0 aliphatic rings. The van der Waals surface area contributed by atoms with Crippen LogP contribution in [0.1, 0.15) is 18.5 Å². The summed E-state index contributed by atoms with van der Waals surface area (Å²) >= 11 is 1.42. The number of aryl methyl sites for hydroxylation is 1. The van der Waals surface area contributed by atoms with Crippen molar-refractivity contribution in [3.05, 3.63) is 76.2 Å². The Morgan fingerprint density at radius 3 is 2.63 bits per heavy atom. The van der Waals surface area contributed by atoms with E-state index in [9.17, 15) is 9.59 Å². The minimum absolute atomic E-state index is 0.237. The molecule has 0 unspecified atom stereocenters. The van der Waals surface area contributed by atoms with Crippen LogP contribution in [-0.4, -0.2) is 22.6 Å². The van der Waals surface area contributed by atoms with Crippen molar-refractivity contribution >= 4 is 33.1 Å². The standard InChI is InChI=1S/C23H21N3O3S/c1-14-8-10-16(11-9-14)17-12-30-22-20(17)23(28)26(13-24-22)15(2)21(27)25-18-6-4-5-7-19(18)29-3/h4-13,15H,1-3H3,(H,25,27)/t15-/m0/s1. The number of thiophene rings is 1. The summed E-state index contributed by atoms with van der Waals surface area (Å²) < 4.78 is 6.65. The van der Waals surface area contributed by atoms with Crippen LogP contribution < -0.4 is 15.6 Å². The molecular weight excluding hydrogens is 398 g/mol. The van der Waals surface area contributed by atoms with Gasteiger partial charge < -0.3 is 10.1 Å². The highest BCUT2D eigenvalue weighted by Gasteiger charge is 2.21. The van der Waals surface area contributed by atoms with Gasteiger partial charge in [0.2, 0.25) is 5.91 Å². The summed E-state index contributed by atoms with van der Waals surface area (Å²) in [4.78, 5) is 31.2. The van der Waals surface area contributed by atoms with Crippen molar-refractivity contribution in [1.82, 2.24) is 9.55 Å². The molecule has 1 atom stereocenters. The van der Waals surface area contributed by atoms with Crippen LogP contribution in [-0.2, 0) is 4.79 Å². The summed E-state index contributed by atoms with van der Waals surface area (Å²) in [5.74, 6) is 0.230. The largest absolute Gasteiger partial charge is 0.495 e. The van der Waals surface area contributed by atoms with Gasteiger partial charge in [-0.25, -0.2) is 4.98 Å². The summed E-state index contributed by atoms with van der Waals surface area (Å²) in [6, 6.07) is 14.4. The average Bonchev–Trinajstić information content (AvgIpc) is 3.19. The summed E-state index contributed by atoms with van der Waals surface area (Å²) in [7, 11) is 1.54. The quantitative estimate of drug-likeness (QED) is 0.511. The average molecular weight is 420 g/mol. The second kappa shape index (κ2) is 8.12. The maximum Gasteiger partial charge on any atom is 0.263 e. The summed E-state index contributed by atoms with van der Waals surface area (Å²) in [6.07, 6.45) is 1.44. The second-order valence-electron chi connectivity index (χ2n) is 7.02. The fourth-order valence-corrected chi connectivity index (χ4v) is 4.18. The number of para-hydroxylation sites is 2. The van der Waals surface area contributed by atoms with Gasteiger partial charge in [0.15, 0.2) is 0 Å². The first kappa shape index (κ1) is 19.8. The van der Waals surface area contributed by atoms with E-state index in [1.54, 1.807) is 26.2 Å². The predicted octanol–water partition coefficient (Wildman–Crippen LogP) is 4.64. The highest BCUT2D eigenvalue weighted by molar-refractivity contribution is 7.17. The number of carbonyl (C=O) groups is 1. The molecule has 6 nitrogen and oxygen atoms in total. The number of aromatic nitrogens is 2. The molecule has 152 valence electrons. The Hall–Kier alpha value is -3.45. The molecule has 0 aliphatic carbocycles. The zero-order chi connectivity index (χ0) is 21.3. The smallest absolute Gasteiger partial charge is 0.263 e. The van der Waals surface area contributed by atoms with Gasteiger partial charge in [-0.15, -0.1) is 11.3 Å². The minimum atomic E-state index is -0.745. The molecule has 2 aromatic carbocycles. The Morgan fingerprint density at radius 1 is 1.17 bits per heavy atom. The molecule has 4 rings (SSSR count). The number of carbonyl (C=O) groups excluding carboxylic acids is 1. The lowest BCUT2D eigenvalue weighted by Crippen LogP contribution is -2.31. The number of nitrogens with zero attached hydrogens (tertiary/aromatic N) is 2. The molecule has 4 aromatic rings. The van der Waals surface area contributed by atoms with E-state index in [0.29, 0.717) is 21.7 Å². The summed E-state index contributed by atoms with van der Waals surface area (Å²) in [5, 5.41) is 5.30. The van der Waals surface area contributed by atoms with Crippen molar-refractivity contribution in [1.29, 1.82) is 0 Å². The van der Waals surface area contributed by atoms with Gasteiger partial charge in [0.1, 0.15) is 16.6 Å². The number of amides is 1. The zero-order valence-electron chi connectivity index (χ0n) is 16.9. The maximum absolute atomic E-state index is 13.3. The van der Waals surface area contributed by atoms with Crippen LogP contribution in [0.5, 0.6) is 5.75 Å². The van der Waals surface area contributed by atoms with Crippen molar-refractivity contribution in [2.24, 2.45) is 0 Å². The second-order valence-corrected chi connectivity index (χ2v) is 7.88. The van der Waals surface area contributed by atoms with Gasteiger partial charge in [-0.1, -0.05) is 42.0 Å². The Bertz CT molecular complexity index is 1280. The highest BCUT2D eigenvalue weighted by Crippen LogP contribution is 2.31. The third-order valence-corrected chi connectivity index (χ3v) is 5.93. The normalized spacial score (nSPS) is 12.0. The predicted molar refractivity (Wildman–Crippen MR) is 120 cm³/mol. The zero-order valence-corrected chi connectivity index (χ0v) is 17.7. The molecule has 0 spiro atoms. The van der Waals surface area contributed by atoms with Crippen molar-refractivity contribution in [3.63, 3.8) is 0 Å². The Labute approximate surface area is 177 Å². The van der Waals surface area contributed by atoms with Crippen LogP contribution in [0.3, 0.4) is 0 Å². The van der Waals surface area contributed by atoms with E-state index in [-0.39, 0.29) is 11.5 Å². The molecule has 30 heavy (non-hydrogen) atoms. The molecule has 0 aliphatic heterocycles. The fourth-order valence-electron chi connectivity index (χ4n) is 3.28. The van der Waals surface area contributed by atoms with Crippen molar-refractivity contribution in [2.45, 2.75) is 19.9 Å². The van der Waals surface area contributed by atoms with Crippen LogP contribution in [0.2, 0.25) is 0 Å². The minimum Gasteiger partial charge on any atom is -0.495 e. The summed E-state index contributed by atoms with van der Waals surface area (Å²) in [6.45, 7) is 3.70. The Morgan fingerprint density at radius 2 is 1.90 bits per heavy atom. The van der Waals surface area contributed by atoms with Crippen molar-refractivity contribution in [3.8, 4) is 16.9 Å². The molecule has 0 saturated carbocycles. The molecular formula is C23H21N3O3S. The van der Waals surface area contributed by atoms with Crippen LogP contribution in [0, 0.1) is 6.92 Å². The molecule has 1 N–H and O–H groups in total. The monoisotopic (exact) mass is 419 g/mol. The molecule has 2 heterocycles. The molecule has 2 aromatic heterocycles. The molecule has 0 radical (unpaired) electrons. The molecule has 1 amide bonds. The van der Waals surface area contributed by atoms with E-state index in [1.165, 1.54) is 22.2 Å².